The van der Waals surface area contributed by atoms with E-state index in [1.807, 2.05) is 31.2 Å². The van der Waals surface area contributed by atoms with Gasteiger partial charge in [-0.15, -0.1) is 0 Å². The molecule has 1 saturated heterocycles. The van der Waals surface area contributed by atoms with Crippen LogP contribution in [0.15, 0.2) is 47.0 Å². The second kappa shape index (κ2) is 7.94. The molecule has 1 amide bonds. The highest BCUT2D eigenvalue weighted by molar-refractivity contribution is 6.36. The minimum Gasteiger partial charge on any atom is -0.337 e. The third-order valence-corrected chi connectivity index (χ3v) is 5.51. The molecule has 1 unspecified atom stereocenters. The second-order valence-corrected chi connectivity index (χ2v) is 7.80. The van der Waals surface area contributed by atoms with E-state index in [9.17, 15) is 4.79 Å². The van der Waals surface area contributed by atoms with Crippen LogP contribution in [0.1, 0.15) is 47.1 Å². The van der Waals surface area contributed by atoms with Crippen LogP contribution in [0.25, 0.3) is 11.4 Å². The van der Waals surface area contributed by atoms with Crippen LogP contribution in [0.3, 0.4) is 0 Å². The Morgan fingerprint density at radius 3 is 2.68 bits per heavy atom. The molecule has 0 spiro atoms. The number of hydrogen-bond donors (Lipinski definition) is 0. The van der Waals surface area contributed by atoms with Gasteiger partial charge in [-0.2, -0.15) is 4.98 Å². The van der Waals surface area contributed by atoms with Gasteiger partial charge in [0.05, 0.1) is 10.6 Å². The molecule has 2 heterocycles. The zero-order valence-corrected chi connectivity index (χ0v) is 16.9. The summed E-state index contributed by atoms with van der Waals surface area (Å²) in [7, 11) is 0. The summed E-state index contributed by atoms with van der Waals surface area (Å²) in [6.07, 6.45) is 2.68. The van der Waals surface area contributed by atoms with Crippen LogP contribution in [0.4, 0.5) is 0 Å². The Morgan fingerprint density at radius 2 is 1.93 bits per heavy atom. The van der Waals surface area contributed by atoms with Crippen LogP contribution in [-0.2, 0) is 0 Å². The number of likely N-dealkylation sites (tertiary alicyclic amines) is 1. The smallest absolute Gasteiger partial charge is 0.256 e. The lowest BCUT2D eigenvalue weighted by Gasteiger charge is -2.33. The van der Waals surface area contributed by atoms with E-state index in [1.165, 1.54) is 0 Å². The lowest BCUT2D eigenvalue weighted by Crippen LogP contribution is -2.38. The molecule has 4 rings (SSSR count). The van der Waals surface area contributed by atoms with Crippen molar-refractivity contribution in [3.05, 3.63) is 69.5 Å². The lowest BCUT2D eigenvalue weighted by molar-refractivity contribution is 0.0561. The Labute approximate surface area is 173 Å². The largest absolute Gasteiger partial charge is 0.337 e. The molecule has 7 heteroatoms. The summed E-state index contributed by atoms with van der Waals surface area (Å²) in [6.45, 7) is 2.64. The first-order chi connectivity index (χ1) is 13.5. The highest BCUT2D eigenvalue weighted by Crippen LogP contribution is 2.33. The number of piperidine rings is 1. The van der Waals surface area contributed by atoms with Gasteiger partial charge >= 0.3 is 0 Å². The quantitative estimate of drug-likeness (QED) is 0.548. The highest BCUT2D eigenvalue weighted by atomic mass is 35.5. The van der Waals surface area contributed by atoms with Gasteiger partial charge in [-0.05, 0) is 44.4 Å². The third kappa shape index (κ3) is 3.77. The Kier molecular flexibility index (Phi) is 5.38. The maximum Gasteiger partial charge on any atom is 0.256 e. The zero-order chi connectivity index (χ0) is 19.7. The molecule has 1 aliphatic rings. The maximum atomic E-state index is 13.1. The number of carbonyl (C=O) groups is 1. The molecular formula is C21H19Cl2N3O2. The maximum absolute atomic E-state index is 13.1. The van der Waals surface area contributed by atoms with Crippen LogP contribution in [0, 0.1) is 6.92 Å². The van der Waals surface area contributed by atoms with Gasteiger partial charge in [-0.3, -0.25) is 4.79 Å². The minimum atomic E-state index is -0.264. The number of rotatable bonds is 3. The van der Waals surface area contributed by atoms with Crippen LogP contribution < -0.4 is 0 Å². The van der Waals surface area contributed by atoms with Crippen molar-refractivity contribution in [3.63, 3.8) is 0 Å². The van der Waals surface area contributed by atoms with Crippen molar-refractivity contribution in [3.8, 4) is 11.4 Å². The Balaban J connectivity index is 1.62. The monoisotopic (exact) mass is 415 g/mol. The number of nitrogens with zero attached hydrogens (tertiary/aromatic N) is 3. The van der Waals surface area contributed by atoms with Gasteiger partial charge in [0.2, 0.25) is 11.7 Å². The van der Waals surface area contributed by atoms with Crippen molar-refractivity contribution < 1.29 is 9.32 Å². The molecule has 5 nitrogen and oxygen atoms in total. The van der Waals surface area contributed by atoms with Crippen molar-refractivity contribution in [1.82, 2.24) is 15.0 Å². The number of aromatic nitrogens is 2. The molecule has 0 saturated carbocycles. The summed E-state index contributed by atoms with van der Waals surface area (Å²) < 4.78 is 5.55. The molecule has 1 aliphatic heterocycles. The molecule has 1 aromatic heterocycles. The van der Waals surface area contributed by atoms with Crippen LogP contribution in [-0.4, -0.2) is 27.5 Å². The summed E-state index contributed by atoms with van der Waals surface area (Å²) in [5.74, 6) is 0.827. The van der Waals surface area contributed by atoms with Crippen molar-refractivity contribution in [2.75, 3.05) is 6.54 Å². The fourth-order valence-electron chi connectivity index (χ4n) is 3.44. The standard InChI is InChI=1S/C21H19Cl2N3O2/c1-13-5-7-14(8-6-13)19-24-20(28-25-19)18-4-2-3-11-26(18)21(27)16-10-9-15(22)12-17(16)23/h5-10,12,18H,2-4,11H2,1H3. The molecule has 0 aliphatic carbocycles. The van der Waals surface area contributed by atoms with Gasteiger partial charge < -0.3 is 9.42 Å². The normalized spacial score (nSPS) is 17.0. The van der Waals surface area contributed by atoms with E-state index in [0.717, 1.165) is 30.4 Å². The molecule has 0 bridgehead atoms. The van der Waals surface area contributed by atoms with E-state index in [-0.39, 0.29) is 11.9 Å². The third-order valence-electron chi connectivity index (χ3n) is 4.96. The Morgan fingerprint density at radius 1 is 1.14 bits per heavy atom. The number of amides is 1. The number of halogens is 2. The van der Waals surface area contributed by atoms with Crippen molar-refractivity contribution in [1.29, 1.82) is 0 Å². The second-order valence-electron chi connectivity index (χ2n) is 6.96. The number of aryl methyl sites for hydroxylation is 1. The fraction of sp³-hybridized carbons (Fsp3) is 0.286. The lowest BCUT2D eigenvalue weighted by atomic mass is 10.0. The highest BCUT2D eigenvalue weighted by Gasteiger charge is 2.33. The summed E-state index contributed by atoms with van der Waals surface area (Å²) in [6, 6.07) is 12.6. The zero-order valence-electron chi connectivity index (χ0n) is 15.4. The number of carbonyl (C=O) groups excluding carboxylic acids is 1. The average Bonchev–Trinajstić information content (AvgIpc) is 3.18. The van der Waals surface area contributed by atoms with Gasteiger partial charge in [0, 0.05) is 17.1 Å². The Bertz CT molecular complexity index is 1000. The predicted octanol–water partition coefficient (Wildman–Crippen LogP) is 5.72. The molecule has 1 fully saturated rings. The van der Waals surface area contributed by atoms with Crippen molar-refractivity contribution >= 4 is 29.1 Å². The first-order valence-corrected chi connectivity index (χ1v) is 9.95. The average molecular weight is 416 g/mol. The van der Waals surface area contributed by atoms with E-state index in [0.29, 0.717) is 33.9 Å². The van der Waals surface area contributed by atoms with Gasteiger partial charge in [0.15, 0.2) is 0 Å². The first-order valence-electron chi connectivity index (χ1n) is 9.19. The summed E-state index contributed by atoms with van der Waals surface area (Å²) in [5.41, 5.74) is 2.47. The first kappa shape index (κ1) is 19.0. The topological polar surface area (TPSA) is 59.2 Å². The van der Waals surface area contributed by atoms with Gasteiger partial charge in [0.1, 0.15) is 6.04 Å². The minimum absolute atomic E-state index is 0.151. The van der Waals surface area contributed by atoms with Gasteiger partial charge in [-0.25, -0.2) is 0 Å². The van der Waals surface area contributed by atoms with Crippen LogP contribution >= 0.6 is 23.2 Å². The van der Waals surface area contributed by atoms with Crippen molar-refractivity contribution in [2.24, 2.45) is 0 Å². The predicted molar refractivity (Wildman–Crippen MR) is 109 cm³/mol. The molecule has 1 atom stereocenters. The van der Waals surface area contributed by atoms with E-state index >= 15 is 0 Å². The number of benzene rings is 2. The Hall–Kier alpha value is -2.37. The molecule has 144 valence electrons. The van der Waals surface area contributed by atoms with Crippen LogP contribution in [0.5, 0.6) is 0 Å². The molecular weight excluding hydrogens is 397 g/mol. The molecule has 3 aromatic rings. The summed E-state index contributed by atoms with van der Waals surface area (Å²) in [5, 5.41) is 4.96. The SMILES string of the molecule is Cc1ccc(-c2noc(C3CCCCN3C(=O)c3ccc(Cl)cc3Cl)n2)cc1. The fourth-order valence-corrected chi connectivity index (χ4v) is 3.93. The summed E-state index contributed by atoms with van der Waals surface area (Å²) in [4.78, 5) is 19.5. The molecule has 2 aromatic carbocycles. The van der Waals surface area contributed by atoms with Crippen LogP contribution in [0.2, 0.25) is 10.0 Å². The van der Waals surface area contributed by atoms with E-state index < -0.39 is 0 Å². The molecule has 0 N–H and O–H groups in total. The van der Waals surface area contributed by atoms with E-state index in [4.69, 9.17) is 27.7 Å². The van der Waals surface area contributed by atoms with E-state index in [1.54, 1.807) is 23.1 Å². The van der Waals surface area contributed by atoms with Crippen molar-refractivity contribution in [2.45, 2.75) is 32.2 Å². The van der Waals surface area contributed by atoms with Gasteiger partial charge in [-0.1, -0.05) is 58.2 Å². The number of hydrogen-bond acceptors (Lipinski definition) is 4. The molecule has 28 heavy (non-hydrogen) atoms. The summed E-state index contributed by atoms with van der Waals surface area (Å²) >= 11 is 12.2. The van der Waals surface area contributed by atoms with E-state index in [2.05, 4.69) is 10.1 Å². The van der Waals surface area contributed by atoms with Gasteiger partial charge in [0.25, 0.3) is 5.91 Å². The molecule has 0 radical (unpaired) electrons.